The summed E-state index contributed by atoms with van der Waals surface area (Å²) in [5.74, 6) is -2.78. The summed E-state index contributed by atoms with van der Waals surface area (Å²) in [4.78, 5) is 33.7. The highest BCUT2D eigenvalue weighted by Crippen LogP contribution is 2.24. The van der Waals surface area contributed by atoms with Gasteiger partial charge in [-0.3, -0.25) is 14.9 Å². The molecule has 0 fully saturated rings. The molecule has 11 heteroatoms. The van der Waals surface area contributed by atoms with Gasteiger partial charge < -0.3 is 14.5 Å². The van der Waals surface area contributed by atoms with E-state index in [0.717, 1.165) is 7.11 Å². The Hall–Kier alpha value is -2.59. The molecule has 8 nitrogen and oxygen atoms in total. The standard InChI is InChI=1S/C8H5F3N2O6/c1-18-7(15)4-5(14)3(13(16)17)2-12-6(4)19-8(9,10)11/h2H,1H3,(H,12,14). The first-order chi connectivity index (χ1) is 8.67. The number of nitro groups is 1. The topological polar surface area (TPSA) is 112 Å². The summed E-state index contributed by atoms with van der Waals surface area (Å²) < 4.78 is 43.6. The average Bonchev–Trinajstić information content (AvgIpc) is 2.25. The third kappa shape index (κ3) is 3.20. The van der Waals surface area contributed by atoms with Crippen LogP contribution in [0.2, 0.25) is 0 Å². The van der Waals surface area contributed by atoms with Crippen molar-refractivity contribution in [3.63, 3.8) is 0 Å². The van der Waals surface area contributed by atoms with Crippen molar-refractivity contribution in [3.05, 3.63) is 32.1 Å². The summed E-state index contributed by atoms with van der Waals surface area (Å²) in [6.45, 7) is 0. The minimum absolute atomic E-state index is 0.385. The van der Waals surface area contributed by atoms with E-state index in [-0.39, 0.29) is 0 Å². The SMILES string of the molecule is COC(=O)c1c(OC(F)(F)F)[nH]cc([N+](=O)[O-])c1=O. The average molecular weight is 282 g/mol. The van der Waals surface area contributed by atoms with Gasteiger partial charge >= 0.3 is 18.0 Å². The summed E-state index contributed by atoms with van der Waals surface area (Å²) >= 11 is 0. The molecule has 0 amide bonds. The third-order valence-electron chi connectivity index (χ3n) is 1.83. The molecular formula is C8H5F3N2O6. The van der Waals surface area contributed by atoms with Crippen LogP contribution in [0.3, 0.4) is 0 Å². The molecule has 1 rings (SSSR count). The fourth-order valence-electron chi connectivity index (χ4n) is 1.12. The Labute approximate surface area is 101 Å². The summed E-state index contributed by atoms with van der Waals surface area (Å²) in [7, 11) is 0.790. The molecule has 0 aromatic carbocycles. The van der Waals surface area contributed by atoms with Crippen molar-refractivity contribution >= 4 is 11.7 Å². The number of esters is 1. The number of H-pyrrole nitrogens is 1. The van der Waals surface area contributed by atoms with Crippen molar-refractivity contribution in [3.8, 4) is 5.88 Å². The van der Waals surface area contributed by atoms with Crippen LogP contribution in [0.15, 0.2) is 11.0 Å². The van der Waals surface area contributed by atoms with Crippen molar-refractivity contribution in [2.75, 3.05) is 7.11 Å². The Morgan fingerprint density at radius 3 is 2.47 bits per heavy atom. The number of carbonyl (C=O) groups excluding carboxylic acids is 1. The van der Waals surface area contributed by atoms with Crippen LogP contribution in [-0.4, -0.2) is 29.3 Å². The number of aromatic amines is 1. The molecule has 0 spiro atoms. The maximum Gasteiger partial charge on any atom is 0.574 e. The highest BCUT2D eigenvalue weighted by atomic mass is 19.4. The van der Waals surface area contributed by atoms with Crippen LogP contribution in [0.1, 0.15) is 10.4 Å². The van der Waals surface area contributed by atoms with Gasteiger partial charge in [0.1, 0.15) is 0 Å². The van der Waals surface area contributed by atoms with E-state index in [1.807, 2.05) is 0 Å². The van der Waals surface area contributed by atoms with Crippen LogP contribution in [0.5, 0.6) is 5.88 Å². The molecule has 0 saturated heterocycles. The molecular weight excluding hydrogens is 277 g/mol. The number of hydrogen-bond donors (Lipinski definition) is 1. The Bertz CT molecular complexity index is 579. The Balaban J connectivity index is 3.49. The number of halogens is 3. The number of rotatable bonds is 3. The van der Waals surface area contributed by atoms with Crippen molar-refractivity contribution in [1.29, 1.82) is 0 Å². The monoisotopic (exact) mass is 282 g/mol. The van der Waals surface area contributed by atoms with E-state index in [2.05, 4.69) is 9.47 Å². The molecule has 104 valence electrons. The summed E-state index contributed by atoms with van der Waals surface area (Å²) in [6, 6.07) is 0. The molecule has 1 heterocycles. The molecule has 0 unspecified atom stereocenters. The van der Waals surface area contributed by atoms with Crippen LogP contribution < -0.4 is 10.2 Å². The van der Waals surface area contributed by atoms with Crippen molar-refractivity contribution < 1.29 is 32.4 Å². The van der Waals surface area contributed by atoms with Gasteiger partial charge in [0.2, 0.25) is 5.88 Å². The molecule has 0 aliphatic rings. The quantitative estimate of drug-likeness (QED) is 0.502. The molecule has 1 N–H and O–H groups in total. The highest BCUT2D eigenvalue weighted by molar-refractivity contribution is 5.92. The number of methoxy groups -OCH3 is 1. The molecule has 1 aromatic rings. The van der Waals surface area contributed by atoms with E-state index in [1.165, 1.54) is 0 Å². The molecule has 0 bridgehead atoms. The lowest BCUT2D eigenvalue weighted by molar-refractivity contribution is -0.386. The van der Waals surface area contributed by atoms with Gasteiger partial charge in [-0.05, 0) is 0 Å². The van der Waals surface area contributed by atoms with Crippen LogP contribution in [-0.2, 0) is 4.74 Å². The van der Waals surface area contributed by atoms with Crippen LogP contribution >= 0.6 is 0 Å². The van der Waals surface area contributed by atoms with Crippen LogP contribution in [0, 0.1) is 10.1 Å². The van der Waals surface area contributed by atoms with Gasteiger partial charge in [0.05, 0.1) is 18.2 Å². The van der Waals surface area contributed by atoms with Crippen molar-refractivity contribution in [2.45, 2.75) is 6.36 Å². The molecule has 0 aliphatic heterocycles. The van der Waals surface area contributed by atoms with Crippen LogP contribution in [0.4, 0.5) is 18.9 Å². The minimum Gasteiger partial charge on any atom is -0.465 e. The third-order valence-corrected chi connectivity index (χ3v) is 1.83. The zero-order chi connectivity index (χ0) is 14.8. The largest absolute Gasteiger partial charge is 0.574 e. The summed E-state index contributed by atoms with van der Waals surface area (Å²) in [5.41, 5.74) is -3.90. The number of carbonyl (C=O) groups is 1. The lowest BCUT2D eigenvalue weighted by Gasteiger charge is -2.10. The van der Waals surface area contributed by atoms with E-state index in [0.29, 0.717) is 6.20 Å². The zero-order valence-electron chi connectivity index (χ0n) is 9.11. The molecule has 0 saturated carbocycles. The van der Waals surface area contributed by atoms with Gasteiger partial charge in [-0.2, -0.15) is 0 Å². The molecule has 1 aromatic heterocycles. The van der Waals surface area contributed by atoms with E-state index in [9.17, 15) is 32.9 Å². The van der Waals surface area contributed by atoms with Crippen LogP contribution in [0.25, 0.3) is 0 Å². The number of nitrogens with one attached hydrogen (secondary N) is 1. The number of nitrogens with zero attached hydrogens (tertiary/aromatic N) is 1. The highest BCUT2D eigenvalue weighted by Gasteiger charge is 2.36. The Morgan fingerprint density at radius 2 is 2.05 bits per heavy atom. The normalized spacial score (nSPS) is 10.9. The van der Waals surface area contributed by atoms with Crippen molar-refractivity contribution in [2.24, 2.45) is 0 Å². The van der Waals surface area contributed by atoms with Gasteiger partial charge in [-0.15, -0.1) is 13.2 Å². The second-order valence-electron chi connectivity index (χ2n) is 3.00. The predicted octanol–water partition coefficient (Wildman–Crippen LogP) is 0.968. The first-order valence-electron chi connectivity index (χ1n) is 4.41. The van der Waals surface area contributed by atoms with E-state index in [4.69, 9.17) is 0 Å². The number of hydrogen-bond acceptors (Lipinski definition) is 6. The first-order valence-corrected chi connectivity index (χ1v) is 4.41. The zero-order valence-corrected chi connectivity index (χ0v) is 9.11. The second-order valence-corrected chi connectivity index (χ2v) is 3.00. The number of aromatic nitrogens is 1. The molecule has 0 atom stereocenters. The Morgan fingerprint density at radius 1 is 1.47 bits per heavy atom. The minimum atomic E-state index is -5.19. The van der Waals surface area contributed by atoms with E-state index >= 15 is 0 Å². The summed E-state index contributed by atoms with van der Waals surface area (Å²) in [5, 5.41) is 10.5. The number of pyridine rings is 1. The smallest absolute Gasteiger partial charge is 0.465 e. The first kappa shape index (κ1) is 14.5. The van der Waals surface area contributed by atoms with Gasteiger partial charge in [-0.25, -0.2) is 4.79 Å². The lowest BCUT2D eigenvalue weighted by atomic mass is 10.2. The fourth-order valence-corrected chi connectivity index (χ4v) is 1.12. The second kappa shape index (κ2) is 4.96. The molecule has 19 heavy (non-hydrogen) atoms. The molecule has 0 aliphatic carbocycles. The van der Waals surface area contributed by atoms with Gasteiger partial charge in [0.25, 0.3) is 5.43 Å². The fraction of sp³-hybridized carbons (Fsp3) is 0.250. The van der Waals surface area contributed by atoms with Gasteiger partial charge in [0, 0.05) is 0 Å². The predicted molar refractivity (Wildman–Crippen MR) is 51.7 cm³/mol. The van der Waals surface area contributed by atoms with E-state index in [1.54, 1.807) is 4.98 Å². The summed E-state index contributed by atoms with van der Waals surface area (Å²) in [6.07, 6.45) is -4.81. The Kier molecular flexibility index (Phi) is 3.77. The lowest BCUT2D eigenvalue weighted by Crippen LogP contribution is -2.26. The maximum atomic E-state index is 12.0. The van der Waals surface area contributed by atoms with Crippen molar-refractivity contribution in [1.82, 2.24) is 4.98 Å². The van der Waals surface area contributed by atoms with Gasteiger partial charge in [-0.1, -0.05) is 0 Å². The van der Waals surface area contributed by atoms with E-state index < -0.39 is 39.8 Å². The van der Waals surface area contributed by atoms with Gasteiger partial charge in [0.15, 0.2) is 5.56 Å². The number of ether oxygens (including phenoxy) is 2. The maximum absolute atomic E-state index is 12.0. The number of alkyl halides is 3. The molecule has 0 radical (unpaired) electrons.